The van der Waals surface area contributed by atoms with Crippen molar-refractivity contribution in [1.29, 1.82) is 0 Å². The lowest BCUT2D eigenvalue weighted by Crippen LogP contribution is -2.29. The van der Waals surface area contributed by atoms with Crippen molar-refractivity contribution >= 4 is 32.9 Å². The molecule has 1 aromatic carbocycles. The zero-order valence-electron chi connectivity index (χ0n) is 13.1. The minimum atomic E-state index is -3.64. The van der Waals surface area contributed by atoms with Gasteiger partial charge in [-0.05, 0) is 29.8 Å². The molecule has 2 aromatic rings. The van der Waals surface area contributed by atoms with Crippen LogP contribution in [0, 0.1) is 0 Å². The molecule has 0 atom stereocenters. The lowest BCUT2D eigenvalue weighted by atomic mass is 10.1. The summed E-state index contributed by atoms with van der Waals surface area (Å²) >= 11 is 0. The van der Waals surface area contributed by atoms with Gasteiger partial charge in [-0.15, -0.1) is 5.10 Å². The molecule has 0 fully saturated rings. The van der Waals surface area contributed by atoms with Crippen molar-refractivity contribution in [3.63, 3.8) is 0 Å². The number of aromatic nitrogens is 1. The quantitative estimate of drug-likeness (QED) is 0.845. The van der Waals surface area contributed by atoms with E-state index in [4.69, 9.17) is 0 Å². The van der Waals surface area contributed by atoms with E-state index < -0.39 is 10.0 Å². The number of anilines is 1. The predicted molar refractivity (Wildman–Crippen MR) is 94.9 cm³/mol. The highest BCUT2D eigenvalue weighted by molar-refractivity contribution is 8.04. The Morgan fingerprint density at radius 1 is 1.16 bits per heavy atom. The molecule has 1 amide bonds. The Balaban J connectivity index is 1.59. The summed E-state index contributed by atoms with van der Waals surface area (Å²) in [4.78, 5) is 16.1. The van der Waals surface area contributed by atoms with Crippen molar-refractivity contribution in [3.8, 4) is 0 Å². The topological polar surface area (TPSA) is 113 Å². The molecule has 2 heterocycles. The zero-order valence-corrected chi connectivity index (χ0v) is 13.9. The highest BCUT2D eigenvalue weighted by atomic mass is 32.2. The Kier molecular flexibility index (Phi) is 4.96. The molecule has 0 aliphatic carbocycles. The number of carbonyl (C=O) groups excluding carboxylic acids is 1. The van der Waals surface area contributed by atoms with Crippen molar-refractivity contribution in [2.45, 2.75) is 13.0 Å². The second-order valence-electron chi connectivity index (χ2n) is 5.21. The molecule has 0 saturated carbocycles. The Hall–Kier alpha value is -2.91. The van der Waals surface area contributed by atoms with Gasteiger partial charge in [0.15, 0.2) is 5.04 Å². The Bertz CT molecular complexity index is 922. The van der Waals surface area contributed by atoms with Gasteiger partial charge in [0.25, 0.3) is 15.9 Å². The molecule has 0 bridgehead atoms. The van der Waals surface area contributed by atoms with Gasteiger partial charge >= 0.3 is 0 Å². The predicted octanol–water partition coefficient (Wildman–Crippen LogP) is 1.54. The second-order valence-corrected chi connectivity index (χ2v) is 6.98. The van der Waals surface area contributed by atoms with Crippen LogP contribution in [0.15, 0.2) is 59.0 Å². The number of hydrogen-bond acceptors (Lipinski definition) is 6. The van der Waals surface area contributed by atoms with Gasteiger partial charge in [-0.2, -0.15) is 5.10 Å². The number of hydrogen-bond donors (Lipinski definition) is 2. The number of rotatable bonds is 5. The molecule has 1 aromatic heterocycles. The molecule has 1 aliphatic heterocycles. The summed E-state index contributed by atoms with van der Waals surface area (Å²) in [6, 6.07) is 10.1. The van der Waals surface area contributed by atoms with E-state index in [1.54, 1.807) is 48.8 Å². The van der Waals surface area contributed by atoms with Gasteiger partial charge in [0.1, 0.15) is 0 Å². The fraction of sp³-hybridized carbons (Fsp3) is 0.125. The van der Waals surface area contributed by atoms with Crippen LogP contribution >= 0.6 is 0 Å². The number of carbonyl (C=O) groups is 1. The van der Waals surface area contributed by atoms with Crippen LogP contribution in [0.25, 0.3) is 0 Å². The van der Waals surface area contributed by atoms with Crippen molar-refractivity contribution in [1.82, 2.24) is 9.71 Å². The summed E-state index contributed by atoms with van der Waals surface area (Å²) in [5, 5.41) is 9.85. The molecule has 0 saturated heterocycles. The van der Waals surface area contributed by atoms with Gasteiger partial charge in [0.05, 0.1) is 11.9 Å². The second kappa shape index (κ2) is 7.32. The summed E-state index contributed by atoms with van der Waals surface area (Å²) in [7, 11) is -3.64. The highest BCUT2D eigenvalue weighted by Gasteiger charge is 2.20. The molecule has 0 unspecified atom stereocenters. The maximum Gasteiger partial charge on any atom is 0.256 e. The first-order chi connectivity index (χ1) is 12.0. The molecular weight excluding hydrogens is 342 g/mol. The van der Waals surface area contributed by atoms with Gasteiger partial charge in [0.2, 0.25) is 0 Å². The maximum absolute atomic E-state index is 12.1. The van der Waals surface area contributed by atoms with E-state index in [2.05, 4.69) is 25.2 Å². The Morgan fingerprint density at radius 2 is 1.96 bits per heavy atom. The third-order valence-electron chi connectivity index (χ3n) is 3.43. The van der Waals surface area contributed by atoms with Crippen LogP contribution in [0.2, 0.25) is 0 Å². The van der Waals surface area contributed by atoms with E-state index in [0.29, 0.717) is 11.3 Å². The SMILES string of the molecule is O=C(Nc1cccnc1)c1ccc(CNS(=O)(=O)C2=NN=CC2)cc1. The van der Waals surface area contributed by atoms with Crippen LogP contribution in [-0.4, -0.2) is 30.6 Å². The molecule has 9 heteroatoms. The van der Waals surface area contributed by atoms with Crippen LogP contribution in [0.4, 0.5) is 5.69 Å². The van der Waals surface area contributed by atoms with Gasteiger partial charge in [-0.1, -0.05) is 12.1 Å². The lowest BCUT2D eigenvalue weighted by Gasteiger charge is -2.07. The first-order valence-corrected chi connectivity index (χ1v) is 8.91. The van der Waals surface area contributed by atoms with E-state index in [1.165, 1.54) is 6.21 Å². The third kappa shape index (κ3) is 4.34. The molecule has 128 valence electrons. The Morgan fingerprint density at radius 3 is 2.60 bits per heavy atom. The fourth-order valence-electron chi connectivity index (χ4n) is 2.10. The van der Waals surface area contributed by atoms with Crippen LogP contribution in [0.5, 0.6) is 0 Å². The number of amides is 1. The van der Waals surface area contributed by atoms with Crippen LogP contribution in [-0.2, 0) is 16.6 Å². The van der Waals surface area contributed by atoms with E-state index in [0.717, 1.165) is 5.56 Å². The minimum absolute atomic E-state index is 0.0000292. The summed E-state index contributed by atoms with van der Waals surface area (Å²) in [5.41, 5.74) is 1.79. The van der Waals surface area contributed by atoms with Crippen molar-refractivity contribution in [2.24, 2.45) is 10.2 Å². The number of benzene rings is 1. The molecule has 0 radical (unpaired) electrons. The normalized spacial score (nSPS) is 13.5. The highest BCUT2D eigenvalue weighted by Crippen LogP contribution is 2.10. The lowest BCUT2D eigenvalue weighted by molar-refractivity contribution is 0.102. The molecule has 25 heavy (non-hydrogen) atoms. The summed E-state index contributed by atoms with van der Waals surface area (Å²) in [6.45, 7) is 0.103. The van der Waals surface area contributed by atoms with Crippen LogP contribution in [0.1, 0.15) is 22.3 Å². The standard InChI is InChI=1S/C16H15N5O3S/c22-16(20-14-2-1-8-17-11-14)13-5-3-12(4-6-13)10-19-25(23,24)15-7-9-18-21-15/h1-6,8-9,11,19H,7,10H2,(H,20,22). The van der Waals surface area contributed by atoms with Gasteiger partial charge in [-0.25, -0.2) is 13.1 Å². The average molecular weight is 357 g/mol. The molecule has 2 N–H and O–H groups in total. The fourth-order valence-corrected chi connectivity index (χ4v) is 3.08. The first kappa shape index (κ1) is 16.9. The molecule has 0 spiro atoms. The smallest absolute Gasteiger partial charge is 0.256 e. The van der Waals surface area contributed by atoms with Crippen LogP contribution in [0.3, 0.4) is 0 Å². The van der Waals surface area contributed by atoms with E-state index in [1.807, 2.05) is 0 Å². The maximum atomic E-state index is 12.1. The van der Waals surface area contributed by atoms with E-state index >= 15 is 0 Å². The average Bonchev–Trinajstić information content (AvgIpc) is 3.17. The number of pyridine rings is 1. The van der Waals surface area contributed by atoms with Crippen molar-refractivity contribution in [2.75, 3.05) is 5.32 Å². The number of nitrogens with one attached hydrogen (secondary N) is 2. The summed E-state index contributed by atoms with van der Waals surface area (Å²) in [6.07, 6.45) is 4.80. The molecule has 3 rings (SSSR count). The zero-order chi connectivity index (χ0) is 17.7. The molecular formula is C16H15N5O3S. The van der Waals surface area contributed by atoms with Crippen molar-refractivity contribution < 1.29 is 13.2 Å². The summed E-state index contributed by atoms with van der Waals surface area (Å²) < 4.78 is 26.4. The first-order valence-electron chi connectivity index (χ1n) is 7.43. The minimum Gasteiger partial charge on any atom is -0.321 e. The van der Waals surface area contributed by atoms with Gasteiger partial charge < -0.3 is 5.32 Å². The molecule has 1 aliphatic rings. The van der Waals surface area contributed by atoms with Gasteiger partial charge in [0, 0.05) is 30.9 Å². The Labute approximate surface area is 144 Å². The van der Waals surface area contributed by atoms with Gasteiger partial charge in [-0.3, -0.25) is 9.78 Å². The monoisotopic (exact) mass is 357 g/mol. The van der Waals surface area contributed by atoms with Crippen molar-refractivity contribution in [3.05, 3.63) is 59.9 Å². The third-order valence-corrected chi connectivity index (χ3v) is 4.82. The van der Waals surface area contributed by atoms with Crippen LogP contribution < -0.4 is 10.0 Å². The summed E-state index contributed by atoms with van der Waals surface area (Å²) in [5.74, 6) is -0.266. The number of sulfonamides is 1. The van der Waals surface area contributed by atoms with E-state index in [9.17, 15) is 13.2 Å². The number of nitrogens with zero attached hydrogens (tertiary/aromatic N) is 3. The van der Waals surface area contributed by atoms with E-state index in [-0.39, 0.29) is 23.9 Å². The largest absolute Gasteiger partial charge is 0.321 e. The molecule has 8 nitrogen and oxygen atoms in total.